The molecule has 1 aliphatic heterocycles. The molecule has 7 nitrogen and oxygen atoms in total. The van der Waals surface area contributed by atoms with Crippen LogP contribution >= 0.6 is 11.6 Å². The van der Waals surface area contributed by atoms with Crippen LogP contribution in [-0.2, 0) is 14.3 Å². The molecule has 0 fully saturated rings. The van der Waals surface area contributed by atoms with Crippen LogP contribution in [0.5, 0.6) is 5.75 Å². The van der Waals surface area contributed by atoms with Crippen LogP contribution in [0, 0.1) is 0 Å². The Kier molecular flexibility index (Phi) is 7.17. The van der Waals surface area contributed by atoms with Gasteiger partial charge in [-0.1, -0.05) is 66.7 Å². The highest BCUT2D eigenvalue weighted by Crippen LogP contribution is 2.32. The first-order valence-electron chi connectivity index (χ1n) is 10.9. The molecule has 8 heteroatoms. The van der Waals surface area contributed by atoms with E-state index in [-0.39, 0.29) is 18.9 Å². The van der Waals surface area contributed by atoms with E-state index in [1.807, 2.05) is 12.1 Å². The first-order chi connectivity index (χ1) is 16.9. The molecular formula is C27H23ClN2O5. The number of nitrogens with one attached hydrogen (secondary N) is 1. The fourth-order valence-electron chi connectivity index (χ4n) is 3.82. The van der Waals surface area contributed by atoms with Crippen LogP contribution < -0.4 is 10.1 Å². The number of halogens is 1. The van der Waals surface area contributed by atoms with E-state index >= 15 is 0 Å². The summed E-state index contributed by atoms with van der Waals surface area (Å²) in [6.07, 6.45) is -1.30. The number of anilines is 1. The fraction of sp³-hybridized carbons (Fsp3) is 0.148. The summed E-state index contributed by atoms with van der Waals surface area (Å²) in [5.41, 5.74) is 2.75. The third kappa shape index (κ3) is 5.20. The Bertz CT molecular complexity index is 1260. The molecule has 3 aromatic carbocycles. The first-order valence-corrected chi connectivity index (χ1v) is 11.3. The van der Waals surface area contributed by atoms with Gasteiger partial charge in [0.05, 0.1) is 18.6 Å². The molecule has 0 bridgehead atoms. The van der Waals surface area contributed by atoms with Gasteiger partial charge in [0.1, 0.15) is 5.75 Å². The lowest BCUT2D eigenvalue weighted by atomic mass is 10.1. The summed E-state index contributed by atoms with van der Waals surface area (Å²) in [7, 11) is 1.49. The Morgan fingerprint density at radius 1 is 1.03 bits per heavy atom. The molecule has 1 N–H and O–H groups in total. The van der Waals surface area contributed by atoms with Crippen molar-refractivity contribution in [3.63, 3.8) is 0 Å². The maximum absolute atomic E-state index is 13.1. The van der Waals surface area contributed by atoms with Gasteiger partial charge in [0, 0.05) is 34.6 Å². The number of fused-ring (bicyclic) bond motifs is 1. The normalized spacial score (nSPS) is 13.3. The van der Waals surface area contributed by atoms with E-state index in [0.717, 1.165) is 5.56 Å². The summed E-state index contributed by atoms with van der Waals surface area (Å²) in [4.78, 5) is 40.0. The lowest BCUT2D eigenvalue weighted by molar-refractivity contribution is -0.154. The van der Waals surface area contributed by atoms with Crippen LogP contribution in [-0.4, -0.2) is 36.3 Å². The molecule has 1 atom stereocenters. The highest BCUT2D eigenvalue weighted by molar-refractivity contribution is 6.32. The second-order valence-electron chi connectivity index (χ2n) is 7.82. The molecule has 1 aliphatic rings. The minimum absolute atomic E-state index is 0.0857. The number of carbonyl (C=O) groups is 3. The Labute approximate surface area is 207 Å². The van der Waals surface area contributed by atoms with Crippen LogP contribution in [0.15, 0.2) is 79.4 Å². The van der Waals surface area contributed by atoms with Crippen LogP contribution in [0.2, 0.25) is 5.02 Å². The van der Waals surface area contributed by atoms with E-state index in [9.17, 15) is 14.4 Å². The number of hydrogen-bond acceptors (Lipinski definition) is 5. The molecule has 1 heterocycles. The van der Waals surface area contributed by atoms with Crippen molar-refractivity contribution in [3.05, 3.63) is 101 Å². The predicted molar refractivity (Wildman–Crippen MR) is 133 cm³/mol. The van der Waals surface area contributed by atoms with Gasteiger partial charge in [0.2, 0.25) is 6.10 Å². The number of methoxy groups -OCH3 is 1. The molecule has 178 valence electrons. The third-order valence-electron chi connectivity index (χ3n) is 5.59. The van der Waals surface area contributed by atoms with E-state index in [1.165, 1.54) is 12.0 Å². The van der Waals surface area contributed by atoms with Gasteiger partial charge in [-0.25, -0.2) is 0 Å². The number of benzene rings is 3. The van der Waals surface area contributed by atoms with Crippen molar-refractivity contribution in [2.24, 2.45) is 0 Å². The summed E-state index contributed by atoms with van der Waals surface area (Å²) >= 11 is 6.15. The smallest absolute Gasteiger partial charge is 0.308 e. The van der Waals surface area contributed by atoms with Gasteiger partial charge in [-0.15, -0.1) is 0 Å². The lowest BCUT2D eigenvalue weighted by Crippen LogP contribution is -2.29. The van der Waals surface area contributed by atoms with Crippen LogP contribution in [0.3, 0.4) is 0 Å². The summed E-state index contributed by atoms with van der Waals surface area (Å²) in [5.74, 6) is -0.916. The summed E-state index contributed by atoms with van der Waals surface area (Å²) in [6, 6.07) is 20.6. The lowest BCUT2D eigenvalue weighted by Gasteiger charge is -2.20. The van der Waals surface area contributed by atoms with Crippen molar-refractivity contribution < 1.29 is 23.9 Å². The van der Waals surface area contributed by atoms with Crippen molar-refractivity contribution in [3.8, 4) is 5.75 Å². The Morgan fingerprint density at radius 3 is 2.37 bits per heavy atom. The first kappa shape index (κ1) is 24.0. The van der Waals surface area contributed by atoms with Gasteiger partial charge in [-0.05, 0) is 24.3 Å². The average Bonchev–Trinajstić information content (AvgIpc) is 3.11. The number of carbonyl (C=O) groups excluding carboxylic acids is 3. The SMILES string of the molecule is C=C1c2ccccc2C(=O)N1CCC(=O)OC(C(=O)Nc1ccc(OC)c(Cl)c1)c1ccccc1. The Morgan fingerprint density at radius 2 is 1.71 bits per heavy atom. The zero-order chi connectivity index (χ0) is 24.9. The zero-order valence-corrected chi connectivity index (χ0v) is 19.7. The van der Waals surface area contributed by atoms with Crippen molar-refractivity contribution in [2.75, 3.05) is 19.0 Å². The van der Waals surface area contributed by atoms with Crippen LogP contribution in [0.4, 0.5) is 5.69 Å². The van der Waals surface area contributed by atoms with Crippen molar-refractivity contribution in [1.82, 2.24) is 4.90 Å². The van der Waals surface area contributed by atoms with Crippen molar-refractivity contribution in [1.29, 1.82) is 0 Å². The summed E-state index contributed by atoms with van der Waals surface area (Å²) < 4.78 is 10.7. The van der Waals surface area contributed by atoms with E-state index in [4.69, 9.17) is 21.1 Å². The maximum atomic E-state index is 13.1. The topological polar surface area (TPSA) is 84.9 Å². The van der Waals surface area contributed by atoms with Crippen LogP contribution in [0.25, 0.3) is 5.70 Å². The molecule has 1 unspecified atom stereocenters. The summed E-state index contributed by atoms with van der Waals surface area (Å²) in [6.45, 7) is 4.06. The van der Waals surface area contributed by atoms with Gasteiger partial charge < -0.3 is 19.7 Å². The molecule has 0 spiro atoms. The zero-order valence-electron chi connectivity index (χ0n) is 19.0. The minimum Gasteiger partial charge on any atom is -0.495 e. The van der Waals surface area contributed by atoms with Crippen LogP contribution in [0.1, 0.15) is 34.0 Å². The van der Waals surface area contributed by atoms with Gasteiger partial charge in [-0.3, -0.25) is 14.4 Å². The van der Waals surface area contributed by atoms with Crippen molar-refractivity contribution >= 4 is 40.8 Å². The molecule has 4 rings (SSSR count). The number of ether oxygens (including phenoxy) is 2. The fourth-order valence-corrected chi connectivity index (χ4v) is 4.07. The Balaban J connectivity index is 1.45. The predicted octanol–water partition coefficient (Wildman–Crippen LogP) is 5.09. The molecule has 35 heavy (non-hydrogen) atoms. The maximum Gasteiger partial charge on any atom is 0.308 e. The molecule has 2 amide bonds. The number of amides is 2. The molecule has 0 saturated heterocycles. The number of nitrogens with zero attached hydrogens (tertiary/aromatic N) is 1. The minimum atomic E-state index is -1.20. The van der Waals surface area contributed by atoms with E-state index < -0.39 is 18.0 Å². The van der Waals surface area contributed by atoms with Gasteiger partial charge >= 0.3 is 5.97 Å². The number of rotatable bonds is 8. The quantitative estimate of drug-likeness (QED) is 0.445. The highest BCUT2D eigenvalue weighted by Gasteiger charge is 2.31. The Hall–Kier alpha value is -4.10. The number of hydrogen-bond donors (Lipinski definition) is 1. The molecule has 3 aromatic rings. The summed E-state index contributed by atoms with van der Waals surface area (Å²) in [5, 5.41) is 3.06. The molecule has 0 aromatic heterocycles. The van der Waals surface area contributed by atoms with E-state index in [2.05, 4.69) is 11.9 Å². The third-order valence-corrected chi connectivity index (χ3v) is 5.88. The molecule has 0 saturated carbocycles. The van der Waals surface area contributed by atoms with Gasteiger partial charge in [0.15, 0.2) is 0 Å². The van der Waals surface area contributed by atoms with E-state index in [1.54, 1.807) is 60.7 Å². The monoisotopic (exact) mass is 490 g/mol. The largest absolute Gasteiger partial charge is 0.495 e. The van der Waals surface area contributed by atoms with Gasteiger partial charge in [0.25, 0.3) is 11.8 Å². The van der Waals surface area contributed by atoms with E-state index in [0.29, 0.717) is 33.3 Å². The standard InChI is InChI=1S/C27H23ClN2O5/c1-17-20-10-6-7-11-21(20)27(33)30(17)15-14-24(31)35-25(18-8-4-3-5-9-18)26(32)29-19-12-13-23(34-2)22(28)16-19/h3-13,16,25H,1,14-15H2,2H3,(H,29,32). The average molecular weight is 491 g/mol. The second-order valence-corrected chi connectivity index (χ2v) is 8.23. The van der Waals surface area contributed by atoms with Gasteiger partial charge in [-0.2, -0.15) is 0 Å². The molecule has 0 aliphatic carbocycles. The second kappa shape index (κ2) is 10.4. The molecule has 0 radical (unpaired) electrons. The highest BCUT2D eigenvalue weighted by atomic mass is 35.5. The van der Waals surface area contributed by atoms with Crippen molar-refractivity contribution in [2.45, 2.75) is 12.5 Å². The number of esters is 1. The molecular weight excluding hydrogens is 468 g/mol.